The molecule has 7 nitrogen and oxygen atoms in total. The minimum Gasteiger partial charge on any atom is -0.377 e. The highest BCUT2D eigenvalue weighted by Gasteiger charge is 2.23. The molecule has 1 aliphatic rings. The summed E-state index contributed by atoms with van der Waals surface area (Å²) >= 11 is 0. The minimum atomic E-state index is -0.187. The van der Waals surface area contributed by atoms with E-state index in [0.717, 1.165) is 29.3 Å². The first-order valence-corrected chi connectivity index (χ1v) is 7.54. The molecule has 2 N–H and O–H groups in total. The van der Waals surface area contributed by atoms with Gasteiger partial charge >= 0.3 is 0 Å². The average molecular weight is 302 g/mol. The predicted octanol–water partition coefficient (Wildman–Crippen LogP) is 1.12. The van der Waals surface area contributed by atoms with Gasteiger partial charge in [-0.2, -0.15) is 10.2 Å². The molecule has 0 bridgehead atoms. The summed E-state index contributed by atoms with van der Waals surface area (Å²) in [4.78, 5) is 2.22. The van der Waals surface area contributed by atoms with Crippen molar-refractivity contribution in [2.45, 2.75) is 25.9 Å². The van der Waals surface area contributed by atoms with Gasteiger partial charge in [-0.25, -0.2) is 0 Å². The summed E-state index contributed by atoms with van der Waals surface area (Å²) < 4.78 is 7.32. The van der Waals surface area contributed by atoms with Crippen LogP contribution in [-0.4, -0.2) is 45.8 Å². The van der Waals surface area contributed by atoms with Gasteiger partial charge in [0, 0.05) is 31.4 Å². The number of hydrogen-bond acceptors (Lipinski definition) is 6. The topological polar surface area (TPSA) is 82.1 Å². The van der Waals surface area contributed by atoms with Gasteiger partial charge in [-0.3, -0.25) is 4.68 Å². The lowest BCUT2D eigenvalue weighted by atomic mass is 10.1. The first-order valence-electron chi connectivity index (χ1n) is 7.54. The van der Waals surface area contributed by atoms with Crippen LogP contribution >= 0.6 is 0 Å². The van der Waals surface area contributed by atoms with Crippen LogP contribution in [0.1, 0.15) is 25.6 Å². The predicted molar refractivity (Wildman–Crippen MR) is 84.5 cm³/mol. The summed E-state index contributed by atoms with van der Waals surface area (Å²) in [5, 5.41) is 13.0. The van der Waals surface area contributed by atoms with Crippen molar-refractivity contribution < 1.29 is 4.74 Å². The minimum absolute atomic E-state index is 0.187. The molecule has 1 fully saturated rings. The van der Waals surface area contributed by atoms with Crippen molar-refractivity contribution in [1.29, 1.82) is 0 Å². The Morgan fingerprint density at radius 1 is 1.41 bits per heavy atom. The number of nitrogens with two attached hydrogens (primary N) is 1. The van der Waals surface area contributed by atoms with E-state index in [-0.39, 0.29) is 12.1 Å². The molecule has 3 rings (SSSR count). The number of anilines is 1. The van der Waals surface area contributed by atoms with Crippen molar-refractivity contribution in [3.63, 3.8) is 0 Å². The third kappa shape index (κ3) is 2.69. The lowest BCUT2D eigenvalue weighted by molar-refractivity contribution is 0.0984. The monoisotopic (exact) mass is 302 g/mol. The molecule has 3 heterocycles. The molecule has 7 heteroatoms. The summed E-state index contributed by atoms with van der Waals surface area (Å²) in [7, 11) is 1.91. The lowest BCUT2D eigenvalue weighted by Gasteiger charge is -2.34. The molecule has 0 saturated carbocycles. The molecule has 1 unspecified atom stereocenters. The van der Waals surface area contributed by atoms with Gasteiger partial charge < -0.3 is 15.4 Å². The first kappa shape index (κ1) is 14.9. The number of ether oxygens (including phenoxy) is 1. The Morgan fingerprint density at radius 2 is 2.23 bits per heavy atom. The van der Waals surface area contributed by atoms with Crippen molar-refractivity contribution in [3.8, 4) is 11.3 Å². The van der Waals surface area contributed by atoms with Gasteiger partial charge in [-0.15, -0.1) is 5.10 Å². The molecule has 2 atom stereocenters. The van der Waals surface area contributed by atoms with Crippen LogP contribution in [0, 0.1) is 0 Å². The summed E-state index contributed by atoms with van der Waals surface area (Å²) in [5.74, 6) is 0.858. The van der Waals surface area contributed by atoms with E-state index in [0.29, 0.717) is 13.2 Å². The fourth-order valence-electron chi connectivity index (χ4n) is 2.78. The highest BCUT2D eigenvalue weighted by atomic mass is 16.5. The van der Waals surface area contributed by atoms with Crippen molar-refractivity contribution in [1.82, 2.24) is 20.0 Å². The summed E-state index contributed by atoms with van der Waals surface area (Å²) in [5.41, 5.74) is 8.82. The molecule has 2 aromatic rings. The number of aryl methyl sites for hydroxylation is 1. The zero-order valence-electron chi connectivity index (χ0n) is 13.2. The molecule has 0 radical (unpaired) electrons. The Balaban J connectivity index is 2.06. The Morgan fingerprint density at radius 3 is 2.86 bits per heavy atom. The van der Waals surface area contributed by atoms with Crippen LogP contribution in [0.2, 0.25) is 0 Å². The normalized spacial score (nSPS) is 20.2. The fraction of sp³-hybridized carbons (Fsp3) is 0.533. The van der Waals surface area contributed by atoms with Gasteiger partial charge in [-0.1, -0.05) is 0 Å². The standard InChI is InChI=1S/C15H22N6O/c1-10-9-22-7-6-21(10)14-8-12(13-4-5-17-20(13)3)15(11(2)16)19-18-14/h4-5,8,10-11H,6-7,9,16H2,1-3H3/t10-,11?/m1/s1. The van der Waals surface area contributed by atoms with E-state index in [4.69, 9.17) is 10.5 Å². The molecule has 118 valence electrons. The molecule has 2 aromatic heterocycles. The van der Waals surface area contributed by atoms with Crippen LogP contribution < -0.4 is 10.6 Å². The van der Waals surface area contributed by atoms with Crippen LogP contribution in [0.15, 0.2) is 18.3 Å². The van der Waals surface area contributed by atoms with Crippen LogP contribution in [-0.2, 0) is 11.8 Å². The Kier molecular flexibility index (Phi) is 4.08. The molecule has 22 heavy (non-hydrogen) atoms. The fourth-order valence-corrected chi connectivity index (χ4v) is 2.78. The molecule has 0 aromatic carbocycles. The van der Waals surface area contributed by atoms with Crippen molar-refractivity contribution in [3.05, 3.63) is 24.0 Å². The number of aromatic nitrogens is 4. The maximum absolute atomic E-state index is 6.06. The van der Waals surface area contributed by atoms with E-state index in [1.807, 2.05) is 24.7 Å². The second-order valence-corrected chi connectivity index (χ2v) is 5.75. The van der Waals surface area contributed by atoms with Crippen LogP contribution in [0.5, 0.6) is 0 Å². The van der Waals surface area contributed by atoms with Gasteiger partial charge in [0.2, 0.25) is 0 Å². The number of morpholine rings is 1. The van der Waals surface area contributed by atoms with E-state index >= 15 is 0 Å². The van der Waals surface area contributed by atoms with E-state index in [2.05, 4.69) is 33.2 Å². The molecule has 1 aliphatic heterocycles. The average Bonchev–Trinajstić information content (AvgIpc) is 2.93. The van der Waals surface area contributed by atoms with E-state index in [1.165, 1.54) is 0 Å². The second kappa shape index (κ2) is 6.02. The van der Waals surface area contributed by atoms with E-state index in [1.54, 1.807) is 6.20 Å². The molecule has 1 saturated heterocycles. The molecular weight excluding hydrogens is 280 g/mol. The molecule has 0 amide bonds. The highest BCUT2D eigenvalue weighted by molar-refractivity contribution is 5.66. The van der Waals surface area contributed by atoms with Gasteiger partial charge in [0.15, 0.2) is 5.82 Å². The SMILES string of the molecule is CC(N)c1nnc(N2CCOC[C@H]2C)cc1-c1ccnn1C. The third-order valence-corrected chi connectivity index (χ3v) is 4.00. The smallest absolute Gasteiger partial charge is 0.152 e. The number of nitrogens with zero attached hydrogens (tertiary/aromatic N) is 5. The quantitative estimate of drug-likeness (QED) is 0.915. The maximum atomic E-state index is 6.06. The number of hydrogen-bond donors (Lipinski definition) is 1. The Hall–Kier alpha value is -1.99. The molecular formula is C15H22N6O. The lowest BCUT2D eigenvalue weighted by Crippen LogP contribution is -2.44. The van der Waals surface area contributed by atoms with Crippen LogP contribution in [0.4, 0.5) is 5.82 Å². The summed E-state index contributed by atoms with van der Waals surface area (Å²) in [6.45, 7) is 6.28. The van der Waals surface area contributed by atoms with Crippen molar-refractivity contribution in [2.75, 3.05) is 24.7 Å². The van der Waals surface area contributed by atoms with Gasteiger partial charge in [0.05, 0.1) is 30.6 Å². The summed E-state index contributed by atoms with van der Waals surface area (Å²) in [6.07, 6.45) is 1.78. The van der Waals surface area contributed by atoms with E-state index < -0.39 is 0 Å². The molecule has 0 spiro atoms. The Bertz CT molecular complexity index is 653. The highest BCUT2D eigenvalue weighted by Crippen LogP contribution is 2.29. The van der Waals surface area contributed by atoms with Gasteiger partial charge in [0.25, 0.3) is 0 Å². The second-order valence-electron chi connectivity index (χ2n) is 5.75. The first-order chi connectivity index (χ1) is 10.6. The van der Waals surface area contributed by atoms with Crippen LogP contribution in [0.3, 0.4) is 0 Å². The molecule has 0 aliphatic carbocycles. The zero-order chi connectivity index (χ0) is 15.7. The van der Waals surface area contributed by atoms with Gasteiger partial charge in [0.1, 0.15) is 0 Å². The zero-order valence-corrected chi connectivity index (χ0v) is 13.2. The van der Waals surface area contributed by atoms with Crippen molar-refractivity contribution >= 4 is 5.82 Å². The van der Waals surface area contributed by atoms with E-state index in [9.17, 15) is 0 Å². The maximum Gasteiger partial charge on any atom is 0.152 e. The van der Waals surface area contributed by atoms with Crippen LogP contribution in [0.25, 0.3) is 11.3 Å². The number of rotatable bonds is 3. The van der Waals surface area contributed by atoms with Gasteiger partial charge in [-0.05, 0) is 26.0 Å². The third-order valence-electron chi connectivity index (χ3n) is 4.00. The van der Waals surface area contributed by atoms with Crippen molar-refractivity contribution in [2.24, 2.45) is 12.8 Å². The largest absolute Gasteiger partial charge is 0.377 e. The Labute approximate surface area is 130 Å². The summed E-state index contributed by atoms with van der Waals surface area (Å²) in [6, 6.07) is 4.12.